The van der Waals surface area contributed by atoms with E-state index in [2.05, 4.69) is 4.90 Å². The van der Waals surface area contributed by atoms with E-state index >= 15 is 0 Å². The van der Waals surface area contributed by atoms with Gasteiger partial charge in [0.1, 0.15) is 34.5 Å². The molecule has 2 heterocycles. The summed E-state index contributed by atoms with van der Waals surface area (Å²) >= 11 is 0. The first kappa shape index (κ1) is 20.3. The number of piperidine rings is 1. The van der Waals surface area contributed by atoms with Crippen LogP contribution in [0.15, 0.2) is 45.8 Å². The smallest absolute Gasteiger partial charge is 0.204 e. The molecular formula is C23H25NO6. The summed E-state index contributed by atoms with van der Waals surface area (Å²) in [7, 11) is 1.57. The average Bonchev–Trinajstić information content (AvgIpc) is 2.77. The van der Waals surface area contributed by atoms with Crippen LogP contribution in [0, 0.1) is 5.92 Å². The molecule has 0 saturated carbocycles. The number of nitrogens with zero attached hydrogens (tertiary/aromatic N) is 1. The monoisotopic (exact) mass is 411 g/mol. The molecule has 0 spiro atoms. The fraction of sp³-hybridized carbons (Fsp3) is 0.348. The topological polar surface area (TPSA) is 103 Å². The Bertz CT molecular complexity index is 1100. The zero-order valence-corrected chi connectivity index (χ0v) is 16.8. The van der Waals surface area contributed by atoms with E-state index in [9.17, 15) is 20.1 Å². The molecule has 3 aromatic rings. The summed E-state index contributed by atoms with van der Waals surface area (Å²) in [6.45, 7) is 2.14. The highest BCUT2D eigenvalue weighted by molar-refractivity contribution is 5.90. The number of fused-ring (bicyclic) bond motifs is 1. The molecule has 3 N–H and O–H groups in total. The van der Waals surface area contributed by atoms with Gasteiger partial charge in [0.05, 0.1) is 18.2 Å². The Hall–Kier alpha value is -3.03. The van der Waals surface area contributed by atoms with E-state index in [1.807, 2.05) is 0 Å². The summed E-state index contributed by atoms with van der Waals surface area (Å²) in [5.74, 6) is 0.555. The van der Waals surface area contributed by atoms with E-state index in [4.69, 9.17) is 9.15 Å². The third-order valence-corrected chi connectivity index (χ3v) is 5.85. The van der Waals surface area contributed by atoms with Crippen molar-refractivity contribution in [3.05, 3.63) is 52.4 Å². The lowest BCUT2D eigenvalue weighted by Gasteiger charge is -2.31. The largest absolute Gasteiger partial charge is 0.507 e. The first-order valence-corrected chi connectivity index (χ1v) is 9.98. The predicted molar refractivity (Wildman–Crippen MR) is 113 cm³/mol. The standard InChI is InChI=1S/C23H25NO6/c1-29-16-4-2-15(3-5-16)18-13-30-23-17(11-24-8-6-14(12-25)7-9-24)19(26)10-20(27)21(23)22(18)28/h2-5,10,13-14,25-27H,6-9,11-12H2,1H3. The third kappa shape index (κ3) is 3.74. The van der Waals surface area contributed by atoms with Crippen molar-refractivity contribution in [1.82, 2.24) is 4.90 Å². The Balaban J connectivity index is 1.74. The number of benzene rings is 2. The zero-order valence-electron chi connectivity index (χ0n) is 16.8. The van der Waals surface area contributed by atoms with Crippen molar-refractivity contribution in [2.75, 3.05) is 26.8 Å². The van der Waals surface area contributed by atoms with Gasteiger partial charge < -0.3 is 24.5 Å². The SMILES string of the molecule is COc1ccc(-c2coc3c(CN4CCC(CO)CC4)c(O)cc(O)c3c2=O)cc1. The number of methoxy groups -OCH3 is 1. The second-order valence-electron chi connectivity index (χ2n) is 7.71. The van der Waals surface area contributed by atoms with Crippen LogP contribution in [0.4, 0.5) is 0 Å². The summed E-state index contributed by atoms with van der Waals surface area (Å²) in [6, 6.07) is 8.20. The second kappa shape index (κ2) is 8.38. The van der Waals surface area contributed by atoms with Gasteiger partial charge in [0.2, 0.25) is 5.43 Å². The molecule has 1 fully saturated rings. The van der Waals surface area contributed by atoms with Gasteiger partial charge in [0, 0.05) is 19.2 Å². The number of aliphatic hydroxyl groups is 1. The third-order valence-electron chi connectivity index (χ3n) is 5.85. The van der Waals surface area contributed by atoms with Crippen LogP contribution in [0.25, 0.3) is 22.1 Å². The maximum atomic E-state index is 13.2. The van der Waals surface area contributed by atoms with Crippen LogP contribution in [-0.4, -0.2) is 47.0 Å². The summed E-state index contributed by atoms with van der Waals surface area (Å²) in [5, 5.41) is 30.2. The van der Waals surface area contributed by atoms with E-state index in [0.717, 1.165) is 25.9 Å². The van der Waals surface area contributed by atoms with Crippen LogP contribution < -0.4 is 10.2 Å². The minimum Gasteiger partial charge on any atom is -0.507 e. The highest BCUT2D eigenvalue weighted by atomic mass is 16.5. The van der Waals surface area contributed by atoms with Crippen molar-refractivity contribution in [2.45, 2.75) is 19.4 Å². The number of likely N-dealkylation sites (tertiary alicyclic amines) is 1. The van der Waals surface area contributed by atoms with Gasteiger partial charge in [-0.3, -0.25) is 9.69 Å². The van der Waals surface area contributed by atoms with Gasteiger partial charge in [-0.1, -0.05) is 12.1 Å². The molecule has 1 aromatic heterocycles. The molecule has 1 aliphatic rings. The van der Waals surface area contributed by atoms with Crippen molar-refractivity contribution < 1.29 is 24.5 Å². The van der Waals surface area contributed by atoms with E-state index in [1.165, 1.54) is 12.3 Å². The molecule has 0 aliphatic carbocycles. The Morgan fingerprint density at radius 1 is 1.13 bits per heavy atom. The normalized spacial score (nSPS) is 15.5. The number of rotatable bonds is 5. The fourth-order valence-electron chi connectivity index (χ4n) is 4.00. The van der Waals surface area contributed by atoms with Crippen molar-refractivity contribution in [3.8, 4) is 28.4 Å². The van der Waals surface area contributed by atoms with E-state index in [1.54, 1.807) is 31.4 Å². The number of aromatic hydroxyl groups is 2. The molecule has 158 valence electrons. The van der Waals surface area contributed by atoms with Crippen molar-refractivity contribution in [3.63, 3.8) is 0 Å². The summed E-state index contributed by atoms with van der Waals surface area (Å²) < 4.78 is 10.9. The molecule has 7 nitrogen and oxygen atoms in total. The molecule has 0 amide bonds. The van der Waals surface area contributed by atoms with E-state index in [0.29, 0.717) is 34.9 Å². The van der Waals surface area contributed by atoms with Gasteiger partial charge in [-0.15, -0.1) is 0 Å². The summed E-state index contributed by atoms with van der Waals surface area (Å²) in [5.41, 5.74) is 1.27. The fourth-order valence-corrected chi connectivity index (χ4v) is 4.00. The Morgan fingerprint density at radius 2 is 1.83 bits per heavy atom. The van der Waals surface area contributed by atoms with Crippen LogP contribution in [0.2, 0.25) is 0 Å². The second-order valence-corrected chi connectivity index (χ2v) is 7.71. The lowest BCUT2D eigenvalue weighted by atomic mass is 9.97. The molecule has 30 heavy (non-hydrogen) atoms. The van der Waals surface area contributed by atoms with Crippen LogP contribution >= 0.6 is 0 Å². The van der Waals surface area contributed by atoms with Crippen LogP contribution in [0.5, 0.6) is 17.2 Å². The first-order valence-electron chi connectivity index (χ1n) is 9.98. The lowest BCUT2D eigenvalue weighted by Crippen LogP contribution is -2.34. The molecule has 0 bridgehead atoms. The van der Waals surface area contributed by atoms with E-state index in [-0.39, 0.29) is 34.5 Å². The first-order chi connectivity index (χ1) is 14.5. The Kier molecular flexibility index (Phi) is 5.65. The predicted octanol–water partition coefficient (Wildman–Crippen LogP) is 3.08. The van der Waals surface area contributed by atoms with E-state index < -0.39 is 0 Å². The molecule has 1 saturated heterocycles. The highest BCUT2D eigenvalue weighted by Gasteiger charge is 2.23. The van der Waals surface area contributed by atoms with Gasteiger partial charge in [-0.2, -0.15) is 0 Å². The molecule has 0 atom stereocenters. The molecule has 0 unspecified atom stereocenters. The number of aliphatic hydroxyl groups excluding tert-OH is 1. The number of ether oxygens (including phenoxy) is 1. The molecule has 4 rings (SSSR count). The maximum absolute atomic E-state index is 13.2. The van der Waals surface area contributed by atoms with Crippen LogP contribution in [-0.2, 0) is 6.54 Å². The van der Waals surface area contributed by atoms with Crippen LogP contribution in [0.1, 0.15) is 18.4 Å². The molecule has 1 aliphatic heterocycles. The minimum atomic E-state index is -0.362. The molecular weight excluding hydrogens is 386 g/mol. The summed E-state index contributed by atoms with van der Waals surface area (Å²) in [6.07, 6.45) is 3.12. The van der Waals surface area contributed by atoms with Crippen molar-refractivity contribution >= 4 is 11.0 Å². The minimum absolute atomic E-state index is 0.0568. The van der Waals surface area contributed by atoms with Gasteiger partial charge >= 0.3 is 0 Å². The number of phenolic OH excluding ortho intramolecular Hbond substituents is 2. The van der Waals surface area contributed by atoms with Gasteiger partial charge in [0.25, 0.3) is 0 Å². The summed E-state index contributed by atoms with van der Waals surface area (Å²) in [4.78, 5) is 15.3. The maximum Gasteiger partial charge on any atom is 0.204 e. The molecule has 0 radical (unpaired) electrons. The van der Waals surface area contributed by atoms with Crippen molar-refractivity contribution in [2.24, 2.45) is 5.92 Å². The van der Waals surface area contributed by atoms with Crippen LogP contribution in [0.3, 0.4) is 0 Å². The number of hydrogen-bond donors (Lipinski definition) is 3. The van der Waals surface area contributed by atoms with Gasteiger partial charge in [0.15, 0.2) is 0 Å². The number of hydrogen-bond acceptors (Lipinski definition) is 7. The Morgan fingerprint density at radius 3 is 2.47 bits per heavy atom. The molecule has 7 heteroatoms. The quantitative estimate of drug-likeness (QED) is 0.593. The van der Waals surface area contributed by atoms with Gasteiger partial charge in [-0.05, 0) is 49.5 Å². The van der Waals surface area contributed by atoms with Crippen molar-refractivity contribution in [1.29, 1.82) is 0 Å². The Labute approximate surface area is 173 Å². The highest BCUT2D eigenvalue weighted by Crippen LogP contribution is 2.35. The lowest BCUT2D eigenvalue weighted by molar-refractivity contribution is 0.127. The zero-order chi connectivity index (χ0) is 21.3. The average molecular weight is 411 g/mol. The number of phenols is 2. The van der Waals surface area contributed by atoms with Gasteiger partial charge in [-0.25, -0.2) is 0 Å². The molecule has 2 aromatic carbocycles.